The van der Waals surface area contributed by atoms with Crippen LogP contribution >= 0.6 is 12.2 Å². The van der Waals surface area contributed by atoms with E-state index in [2.05, 4.69) is 28.0 Å². The first-order valence-corrected chi connectivity index (χ1v) is 7.99. The lowest BCUT2D eigenvalue weighted by Gasteiger charge is -2.23. The Hall–Kier alpha value is -1.68. The number of nitrogens with one attached hydrogen (secondary N) is 2. The molecule has 3 nitrogen and oxygen atoms in total. The van der Waals surface area contributed by atoms with Crippen molar-refractivity contribution < 1.29 is 0 Å². The summed E-state index contributed by atoms with van der Waals surface area (Å²) in [5, 5.41) is 8.24. The van der Waals surface area contributed by atoms with Gasteiger partial charge in [0.1, 0.15) is 0 Å². The first-order valence-electron chi connectivity index (χ1n) is 7.58. The largest absolute Gasteiger partial charge is 0.359 e. The Morgan fingerprint density at radius 1 is 1.19 bits per heavy atom. The number of thiocarbonyl (C=S) groups is 1. The van der Waals surface area contributed by atoms with Crippen LogP contribution in [-0.4, -0.2) is 16.9 Å². The molecule has 0 atom stereocenters. The number of benzene rings is 1. The quantitative estimate of drug-likeness (QED) is 0.503. The minimum absolute atomic E-state index is 0.508. The number of allylic oxidation sites excluding steroid dienone is 1. The standard InChI is InChI=1S/C17H23N3S/c1-14(12-13-15-8-4-2-5-9-15)19-20-17(21)18-16-10-6-3-7-11-16/h2,4-5,8-9,12-13,16H,3,6-7,10-11H2,1H3,(H2,18,20,21). The molecule has 0 amide bonds. The average molecular weight is 301 g/mol. The van der Waals surface area contributed by atoms with Crippen molar-refractivity contribution in [3.8, 4) is 0 Å². The van der Waals surface area contributed by atoms with Crippen LogP contribution in [0.2, 0.25) is 0 Å². The summed E-state index contributed by atoms with van der Waals surface area (Å²) in [5.41, 5.74) is 4.98. The van der Waals surface area contributed by atoms with Crippen LogP contribution in [0.15, 0.2) is 41.5 Å². The fourth-order valence-corrected chi connectivity index (χ4v) is 2.63. The van der Waals surface area contributed by atoms with Crippen LogP contribution < -0.4 is 10.7 Å². The van der Waals surface area contributed by atoms with E-state index in [-0.39, 0.29) is 0 Å². The van der Waals surface area contributed by atoms with Crippen molar-refractivity contribution in [3.63, 3.8) is 0 Å². The second kappa shape index (κ2) is 8.57. The van der Waals surface area contributed by atoms with E-state index in [1.807, 2.05) is 37.3 Å². The molecule has 0 bridgehead atoms. The molecule has 2 N–H and O–H groups in total. The van der Waals surface area contributed by atoms with Gasteiger partial charge in [0.15, 0.2) is 5.11 Å². The van der Waals surface area contributed by atoms with E-state index in [1.54, 1.807) is 0 Å². The van der Waals surface area contributed by atoms with Crippen molar-refractivity contribution in [1.29, 1.82) is 0 Å². The molecule has 1 aliphatic carbocycles. The molecule has 1 aromatic carbocycles. The molecule has 0 heterocycles. The minimum Gasteiger partial charge on any atom is -0.359 e. The highest BCUT2D eigenvalue weighted by Crippen LogP contribution is 2.17. The van der Waals surface area contributed by atoms with Crippen LogP contribution in [0, 0.1) is 0 Å². The molecular formula is C17H23N3S. The van der Waals surface area contributed by atoms with Crippen molar-refractivity contribution >= 4 is 29.1 Å². The summed E-state index contributed by atoms with van der Waals surface area (Å²) in [4.78, 5) is 0. The van der Waals surface area contributed by atoms with Crippen molar-refractivity contribution in [2.24, 2.45) is 5.10 Å². The topological polar surface area (TPSA) is 36.4 Å². The van der Waals surface area contributed by atoms with Gasteiger partial charge in [-0.05, 0) is 43.6 Å². The van der Waals surface area contributed by atoms with Gasteiger partial charge in [-0.2, -0.15) is 5.10 Å². The van der Waals surface area contributed by atoms with Crippen LogP contribution in [0.1, 0.15) is 44.6 Å². The molecule has 0 radical (unpaired) electrons. The van der Waals surface area contributed by atoms with Gasteiger partial charge in [-0.3, -0.25) is 5.43 Å². The number of rotatable bonds is 4. The maximum Gasteiger partial charge on any atom is 0.187 e. The molecule has 1 saturated carbocycles. The summed E-state index contributed by atoms with van der Waals surface area (Å²) in [5.74, 6) is 0. The van der Waals surface area contributed by atoms with E-state index in [0.717, 1.165) is 11.3 Å². The molecule has 0 unspecified atom stereocenters. The third-order valence-corrected chi connectivity index (χ3v) is 3.80. The van der Waals surface area contributed by atoms with E-state index < -0.39 is 0 Å². The second-order valence-corrected chi connectivity index (χ2v) is 5.83. The Bertz CT molecular complexity index is 502. The molecule has 1 aliphatic rings. The van der Waals surface area contributed by atoms with Gasteiger partial charge in [-0.1, -0.05) is 55.7 Å². The van der Waals surface area contributed by atoms with Crippen molar-refractivity contribution in [2.75, 3.05) is 0 Å². The summed E-state index contributed by atoms with van der Waals surface area (Å²) >= 11 is 5.28. The Morgan fingerprint density at radius 2 is 1.90 bits per heavy atom. The molecular weight excluding hydrogens is 278 g/mol. The SMILES string of the molecule is CC(C=Cc1ccccc1)=NNC(=S)NC1CCCCC1. The van der Waals surface area contributed by atoms with Crippen LogP contribution in [0.5, 0.6) is 0 Å². The van der Waals surface area contributed by atoms with Crippen molar-refractivity contribution in [3.05, 3.63) is 42.0 Å². The lowest BCUT2D eigenvalue weighted by Crippen LogP contribution is -2.41. The van der Waals surface area contributed by atoms with Gasteiger partial charge in [0, 0.05) is 6.04 Å². The zero-order chi connectivity index (χ0) is 14.9. The highest BCUT2D eigenvalue weighted by atomic mass is 32.1. The zero-order valence-corrected chi connectivity index (χ0v) is 13.3. The summed E-state index contributed by atoms with van der Waals surface area (Å²) in [6, 6.07) is 10.7. The predicted octanol–water partition coefficient (Wildman–Crippen LogP) is 3.87. The molecule has 0 aromatic heterocycles. The monoisotopic (exact) mass is 301 g/mol. The molecule has 1 aromatic rings. The predicted molar refractivity (Wildman–Crippen MR) is 94.3 cm³/mol. The van der Waals surface area contributed by atoms with Gasteiger partial charge in [0.25, 0.3) is 0 Å². The molecule has 1 fully saturated rings. The number of hydrogen-bond acceptors (Lipinski definition) is 2. The van der Waals surface area contributed by atoms with Crippen LogP contribution in [0.25, 0.3) is 6.08 Å². The minimum atomic E-state index is 0.508. The van der Waals surface area contributed by atoms with E-state index >= 15 is 0 Å². The third-order valence-electron chi connectivity index (χ3n) is 3.59. The fraction of sp³-hybridized carbons (Fsp3) is 0.412. The lowest BCUT2D eigenvalue weighted by molar-refractivity contribution is 0.412. The molecule has 0 aliphatic heterocycles. The summed E-state index contributed by atoms with van der Waals surface area (Å²) in [6.45, 7) is 1.95. The first-order chi connectivity index (χ1) is 10.2. The molecule has 0 saturated heterocycles. The lowest BCUT2D eigenvalue weighted by atomic mass is 9.96. The highest BCUT2D eigenvalue weighted by Gasteiger charge is 2.13. The van der Waals surface area contributed by atoms with Gasteiger partial charge in [-0.25, -0.2) is 0 Å². The fourth-order valence-electron chi connectivity index (χ4n) is 2.42. The molecule has 21 heavy (non-hydrogen) atoms. The molecule has 112 valence electrons. The van der Waals surface area contributed by atoms with Crippen LogP contribution in [0.4, 0.5) is 0 Å². The van der Waals surface area contributed by atoms with Crippen molar-refractivity contribution in [1.82, 2.24) is 10.7 Å². The smallest absolute Gasteiger partial charge is 0.187 e. The number of hydrazone groups is 1. The molecule has 2 rings (SSSR count). The molecule has 4 heteroatoms. The van der Waals surface area contributed by atoms with E-state index in [4.69, 9.17) is 12.2 Å². The summed E-state index contributed by atoms with van der Waals surface area (Å²) in [6.07, 6.45) is 10.4. The maximum absolute atomic E-state index is 5.28. The third kappa shape index (κ3) is 6.08. The number of nitrogens with zero attached hydrogens (tertiary/aromatic N) is 1. The summed E-state index contributed by atoms with van der Waals surface area (Å²) in [7, 11) is 0. The van der Waals surface area contributed by atoms with Gasteiger partial charge in [0.05, 0.1) is 5.71 Å². The maximum atomic E-state index is 5.28. The van der Waals surface area contributed by atoms with Crippen LogP contribution in [0.3, 0.4) is 0 Å². The van der Waals surface area contributed by atoms with E-state index in [0.29, 0.717) is 11.2 Å². The highest BCUT2D eigenvalue weighted by molar-refractivity contribution is 7.80. The second-order valence-electron chi connectivity index (χ2n) is 5.42. The van der Waals surface area contributed by atoms with E-state index in [1.165, 1.54) is 32.1 Å². The van der Waals surface area contributed by atoms with Gasteiger partial charge >= 0.3 is 0 Å². The normalized spacial score (nSPS) is 16.9. The Labute approximate surface area is 132 Å². The van der Waals surface area contributed by atoms with Gasteiger partial charge < -0.3 is 5.32 Å². The Balaban J connectivity index is 1.77. The average Bonchev–Trinajstić information content (AvgIpc) is 2.53. The van der Waals surface area contributed by atoms with Gasteiger partial charge in [0.2, 0.25) is 0 Å². The van der Waals surface area contributed by atoms with Gasteiger partial charge in [-0.15, -0.1) is 0 Å². The first kappa shape index (κ1) is 15.7. The van der Waals surface area contributed by atoms with E-state index in [9.17, 15) is 0 Å². The Morgan fingerprint density at radius 3 is 2.62 bits per heavy atom. The zero-order valence-electron chi connectivity index (χ0n) is 12.5. The molecule has 0 spiro atoms. The Kier molecular flexibility index (Phi) is 6.41. The number of hydrogen-bond donors (Lipinski definition) is 2. The van der Waals surface area contributed by atoms with Crippen molar-refractivity contribution in [2.45, 2.75) is 45.1 Å². The van der Waals surface area contributed by atoms with Crippen LogP contribution in [-0.2, 0) is 0 Å². The summed E-state index contributed by atoms with van der Waals surface area (Å²) < 4.78 is 0.